The smallest absolute Gasteiger partial charge is 0.179 e. The van der Waals surface area contributed by atoms with Gasteiger partial charge in [-0.25, -0.2) is 4.98 Å². The van der Waals surface area contributed by atoms with Gasteiger partial charge in [0.15, 0.2) is 10.4 Å². The lowest BCUT2D eigenvalue weighted by molar-refractivity contribution is 0.160. The van der Waals surface area contributed by atoms with Gasteiger partial charge in [0.1, 0.15) is 0 Å². The zero-order valence-electron chi connectivity index (χ0n) is 11.6. The second-order valence-electron chi connectivity index (χ2n) is 5.51. The predicted molar refractivity (Wildman–Crippen MR) is 84.8 cm³/mol. The van der Waals surface area contributed by atoms with Crippen LogP contribution in [0.4, 0.5) is 0 Å². The van der Waals surface area contributed by atoms with Crippen molar-refractivity contribution < 1.29 is 0 Å². The Morgan fingerprint density at radius 2 is 2.15 bits per heavy atom. The van der Waals surface area contributed by atoms with Crippen LogP contribution in [0.3, 0.4) is 0 Å². The lowest BCUT2D eigenvalue weighted by atomic mass is 10.1. The molecule has 108 valence electrons. The first-order valence-electron chi connectivity index (χ1n) is 7.13. The number of piperidine rings is 1. The third-order valence-electron chi connectivity index (χ3n) is 4.04. The Balaban J connectivity index is 1.86. The van der Waals surface area contributed by atoms with Crippen LogP contribution < -0.4 is 0 Å². The number of nitrogens with one attached hydrogen (secondary N) is 1. The van der Waals surface area contributed by atoms with Crippen molar-refractivity contribution in [3.63, 3.8) is 0 Å². The van der Waals surface area contributed by atoms with E-state index in [0.29, 0.717) is 11.1 Å². The molecule has 3 heterocycles. The summed E-state index contributed by atoms with van der Waals surface area (Å²) < 4.78 is 2.80. The van der Waals surface area contributed by atoms with Gasteiger partial charge in [-0.1, -0.05) is 18.0 Å². The molecule has 20 heavy (non-hydrogen) atoms. The van der Waals surface area contributed by atoms with Crippen molar-refractivity contribution >= 4 is 35.0 Å². The predicted octanol–water partition coefficient (Wildman–Crippen LogP) is 3.62. The maximum Gasteiger partial charge on any atom is 0.179 e. The number of hydrogen-bond donors (Lipinski definition) is 1. The molecule has 1 N–H and O–H groups in total. The Bertz CT molecular complexity index is 657. The number of fused-ring (bicyclic) bond motifs is 1. The number of H-pyrrole nitrogens is 1. The van der Waals surface area contributed by atoms with Crippen LogP contribution in [0.15, 0.2) is 12.3 Å². The highest BCUT2D eigenvalue weighted by Gasteiger charge is 2.18. The Labute approximate surface area is 128 Å². The van der Waals surface area contributed by atoms with E-state index in [1.165, 1.54) is 32.4 Å². The lowest BCUT2D eigenvalue weighted by Crippen LogP contribution is -2.39. The second kappa shape index (κ2) is 5.84. The average Bonchev–Trinajstić information content (AvgIpc) is 2.75. The van der Waals surface area contributed by atoms with E-state index >= 15 is 0 Å². The van der Waals surface area contributed by atoms with Gasteiger partial charge in [0, 0.05) is 18.8 Å². The number of aromatic nitrogens is 3. The Hall–Kier alpha value is -0.910. The molecular formula is C14H19ClN4S. The molecule has 0 aromatic carbocycles. The first-order chi connectivity index (χ1) is 9.65. The van der Waals surface area contributed by atoms with Crippen molar-refractivity contribution in [1.29, 1.82) is 0 Å². The molecule has 0 aliphatic carbocycles. The minimum atomic E-state index is 0.471. The van der Waals surface area contributed by atoms with Crippen LogP contribution in [0.1, 0.15) is 26.2 Å². The molecule has 1 unspecified atom stereocenters. The highest BCUT2D eigenvalue weighted by atomic mass is 35.5. The average molecular weight is 311 g/mol. The van der Waals surface area contributed by atoms with E-state index in [0.717, 1.165) is 22.5 Å². The summed E-state index contributed by atoms with van der Waals surface area (Å²) in [5, 5.41) is 0.630. The first-order valence-corrected chi connectivity index (χ1v) is 7.92. The fourth-order valence-electron chi connectivity index (χ4n) is 2.93. The van der Waals surface area contributed by atoms with Crippen LogP contribution in [0.5, 0.6) is 0 Å². The number of aromatic amines is 1. The summed E-state index contributed by atoms with van der Waals surface area (Å²) in [5.74, 6) is 0. The molecule has 1 atom stereocenters. The lowest BCUT2D eigenvalue weighted by Gasteiger charge is -2.32. The van der Waals surface area contributed by atoms with Crippen LogP contribution in [-0.4, -0.2) is 38.6 Å². The fourth-order valence-corrected chi connectivity index (χ4v) is 3.36. The molecule has 1 aliphatic heterocycles. The number of rotatable bonds is 3. The molecule has 0 bridgehead atoms. The van der Waals surface area contributed by atoms with Crippen LogP contribution in [0, 0.1) is 4.77 Å². The van der Waals surface area contributed by atoms with Crippen molar-refractivity contribution in [1.82, 2.24) is 19.4 Å². The Kier molecular flexibility index (Phi) is 4.10. The van der Waals surface area contributed by atoms with E-state index in [1.807, 2.05) is 6.07 Å². The van der Waals surface area contributed by atoms with Gasteiger partial charge in [-0.05, 0) is 51.1 Å². The van der Waals surface area contributed by atoms with Gasteiger partial charge in [0.05, 0.1) is 10.5 Å². The van der Waals surface area contributed by atoms with E-state index in [-0.39, 0.29) is 0 Å². The fraction of sp³-hybridized carbons (Fsp3) is 0.571. The van der Waals surface area contributed by atoms with Crippen molar-refractivity contribution in [2.45, 2.75) is 38.8 Å². The summed E-state index contributed by atoms with van der Waals surface area (Å²) in [5.41, 5.74) is 1.80. The van der Waals surface area contributed by atoms with Crippen LogP contribution in [0.25, 0.3) is 11.2 Å². The van der Waals surface area contributed by atoms with Crippen molar-refractivity contribution in [3.05, 3.63) is 22.1 Å². The summed E-state index contributed by atoms with van der Waals surface area (Å²) in [4.78, 5) is 10.1. The number of imidazole rings is 1. The molecule has 0 radical (unpaired) electrons. The van der Waals surface area contributed by atoms with Crippen LogP contribution in [0.2, 0.25) is 5.02 Å². The Morgan fingerprint density at radius 1 is 1.40 bits per heavy atom. The molecular weight excluding hydrogens is 292 g/mol. The zero-order chi connectivity index (χ0) is 14.1. The molecule has 6 heteroatoms. The quantitative estimate of drug-likeness (QED) is 0.880. The first kappa shape index (κ1) is 14.0. The summed E-state index contributed by atoms with van der Waals surface area (Å²) in [6.45, 7) is 5.52. The van der Waals surface area contributed by atoms with Crippen molar-refractivity contribution in [2.24, 2.45) is 0 Å². The van der Waals surface area contributed by atoms with Gasteiger partial charge in [0.25, 0.3) is 0 Å². The Morgan fingerprint density at radius 3 is 2.90 bits per heavy atom. The zero-order valence-corrected chi connectivity index (χ0v) is 13.2. The highest BCUT2D eigenvalue weighted by molar-refractivity contribution is 7.71. The summed E-state index contributed by atoms with van der Waals surface area (Å²) in [7, 11) is 0. The molecule has 3 rings (SSSR count). The number of hydrogen-bond acceptors (Lipinski definition) is 3. The molecule has 1 saturated heterocycles. The minimum absolute atomic E-state index is 0.471. The van der Waals surface area contributed by atoms with E-state index in [9.17, 15) is 0 Å². The van der Waals surface area contributed by atoms with Crippen molar-refractivity contribution in [2.75, 3.05) is 13.1 Å². The maximum atomic E-state index is 5.97. The number of pyridine rings is 1. The number of halogens is 1. The summed E-state index contributed by atoms with van der Waals surface area (Å²) in [6.07, 6.45) is 5.64. The molecule has 1 fully saturated rings. The van der Waals surface area contributed by atoms with E-state index in [4.69, 9.17) is 23.8 Å². The van der Waals surface area contributed by atoms with Gasteiger partial charge < -0.3 is 4.98 Å². The van der Waals surface area contributed by atoms with E-state index in [2.05, 4.69) is 26.4 Å². The second-order valence-corrected chi connectivity index (χ2v) is 6.33. The van der Waals surface area contributed by atoms with Gasteiger partial charge in [0.2, 0.25) is 0 Å². The van der Waals surface area contributed by atoms with Crippen LogP contribution >= 0.6 is 23.8 Å². The van der Waals surface area contributed by atoms with Gasteiger partial charge in [-0.15, -0.1) is 0 Å². The molecule has 0 saturated carbocycles. The monoisotopic (exact) mass is 310 g/mol. The molecule has 2 aromatic rings. The van der Waals surface area contributed by atoms with E-state index < -0.39 is 0 Å². The van der Waals surface area contributed by atoms with Gasteiger partial charge in [-0.3, -0.25) is 9.47 Å². The number of likely N-dealkylation sites (tertiary alicyclic amines) is 1. The van der Waals surface area contributed by atoms with Gasteiger partial charge in [-0.2, -0.15) is 0 Å². The minimum Gasteiger partial charge on any atom is -0.329 e. The molecule has 2 aromatic heterocycles. The SMILES string of the molecule is CC(Cn1c(=S)[nH]c2cc(Cl)cnc21)N1CCCCC1. The maximum absolute atomic E-state index is 5.97. The van der Waals surface area contributed by atoms with E-state index in [1.54, 1.807) is 6.20 Å². The summed E-state index contributed by atoms with van der Waals surface area (Å²) in [6, 6.07) is 2.35. The topological polar surface area (TPSA) is 36.9 Å². The molecule has 0 amide bonds. The third-order valence-corrected chi connectivity index (χ3v) is 4.57. The highest BCUT2D eigenvalue weighted by Crippen LogP contribution is 2.19. The molecule has 4 nitrogen and oxygen atoms in total. The standard InChI is InChI=1S/C14H19ClN4S/c1-10(18-5-3-2-4-6-18)9-19-13-12(17-14(19)20)7-11(15)8-16-13/h7-8,10H,2-6,9H2,1H3,(H,17,20). The molecule has 0 spiro atoms. The van der Waals surface area contributed by atoms with Crippen molar-refractivity contribution in [3.8, 4) is 0 Å². The van der Waals surface area contributed by atoms with Crippen LogP contribution in [-0.2, 0) is 6.54 Å². The normalized spacial score (nSPS) is 18.5. The van der Waals surface area contributed by atoms with Gasteiger partial charge >= 0.3 is 0 Å². The third kappa shape index (κ3) is 2.75. The largest absolute Gasteiger partial charge is 0.329 e. The molecule has 1 aliphatic rings. The summed E-state index contributed by atoms with van der Waals surface area (Å²) >= 11 is 11.4. The number of nitrogens with zero attached hydrogens (tertiary/aromatic N) is 3.